The molecule has 0 fully saturated rings. The largest absolute Gasteiger partial charge is 0.336 e. The summed E-state index contributed by atoms with van der Waals surface area (Å²) in [5.74, 6) is 1.12. The van der Waals surface area contributed by atoms with E-state index in [1.54, 1.807) is 13.2 Å². The number of benzene rings is 1. The van der Waals surface area contributed by atoms with Gasteiger partial charge in [-0.2, -0.15) is 4.80 Å². The van der Waals surface area contributed by atoms with Gasteiger partial charge >= 0.3 is 0 Å². The molecule has 1 unspecified atom stereocenters. The maximum Gasteiger partial charge on any atom is 0.205 e. The van der Waals surface area contributed by atoms with E-state index in [1.165, 1.54) is 35.2 Å². The fourth-order valence-electron chi connectivity index (χ4n) is 4.00. The number of hydrogen-bond acceptors (Lipinski definition) is 5. The Kier molecular flexibility index (Phi) is 4.20. The van der Waals surface area contributed by atoms with Crippen molar-refractivity contribution in [2.75, 3.05) is 0 Å². The van der Waals surface area contributed by atoms with Crippen LogP contribution in [0.3, 0.4) is 0 Å². The van der Waals surface area contributed by atoms with E-state index in [-0.39, 0.29) is 0 Å². The van der Waals surface area contributed by atoms with Crippen LogP contribution in [0.5, 0.6) is 0 Å². The first-order valence-electron chi connectivity index (χ1n) is 9.56. The van der Waals surface area contributed by atoms with Gasteiger partial charge in [-0.25, -0.2) is 4.98 Å². The van der Waals surface area contributed by atoms with Gasteiger partial charge in [-0.15, -0.1) is 10.2 Å². The highest BCUT2D eigenvalue weighted by atomic mass is 15.6. The number of pyridine rings is 1. The molecule has 4 aromatic rings. The van der Waals surface area contributed by atoms with Crippen molar-refractivity contribution < 1.29 is 0 Å². The van der Waals surface area contributed by atoms with Crippen LogP contribution in [-0.2, 0) is 20.0 Å². The zero-order chi connectivity index (χ0) is 18.9. The van der Waals surface area contributed by atoms with Crippen LogP contribution in [0.1, 0.15) is 29.9 Å². The summed E-state index contributed by atoms with van der Waals surface area (Å²) in [6.45, 7) is 0.940. The third kappa shape index (κ3) is 3.19. The minimum absolute atomic E-state index is 0.537. The number of hydrogen-bond donors (Lipinski definition) is 0. The lowest BCUT2D eigenvalue weighted by atomic mass is 9.83. The average molecular weight is 371 g/mol. The predicted octanol–water partition coefficient (Wildman–Crippen LogP) is 3.26. The van der Waals surface area contributed by atoms with Crippen molar-refractivity contribution >= 4 is 0 Å². The van der Waals surface area contributed by atoms with Gasteiger partial charge in [0.05, 0.1) is 19.1 Å². The quantitative estimate of drug-likeness (QED) is 0.550. The third-order valence-electron chi connectivity index (χ3n) is 5.35. The second-order valence-electron chi connectivity index (χ2n) is 7.28. The van der Waals surface area contributed by atoms with Gasteiger partial charge in [0, 0.05) is 30.4 Å². The fourth-order valence-corrected chi connectivity index (χ4v) is 4.00. The molecule has 1 atom stereocenters. The molecule has 0 bridgehead atoms. The summed E-state index contributed by atoms with van der Waals surface area (Å²) in [6, 6.07) is 12.7. The number of aromatic nitrogens is 7. The van der Waals surface area contributed by atoms with Gasteiger partial charge in [0.25, 0.3) is 0 Å². The Morgan fingerprint density at radius 1 is 1.11 bits per heavy atom. The van der Waals surface area contributed by atoms with E-state index >= 15 is 0 Å². The van der Waals surface area contributed by atoms with Gasteiger partial charge in [-0.3, -0.25) is 4.98 Å². The van der Waals surface area contributed by atoms with Crippen LogP contribution >= 0.6 is 0 Å². The Morgan fingerprint density at radius 3 is 2.93 bits per heavy atom. The number of fused-ring (bicyclic) bond motifs is 1. The molecule has 3 heterocycles. The van der Waals surface area contributed by atoms with E-state index in [2.05, 4.69) is 60.4 Å². The van der Waals surface area contributed by atoms with Gasteiger partial charge < -0.3 is 4.57 Å². The molecule has 0 aliphatic heterocycles. The van der Waals surface area contributed by atoms with E-state index < -0.39 is 0 Å². The van der Waals surface area contributed by atoms with E-state index in [1.807, 2.05) is 18.5 Å². The van der Waals surface area contributed by atoms with Gasteiger partial charge in [0.1, 0.15) is 5.69 Å². The zero-order valence-corrected chi connectivity index (χ0v) is 15.7. The predicted molar refractivity (Wildman–Crippen MR) is 105 cm³/mol. The molecule has 28 heavy (non-hydrogen) atoms. The topological polar surface area (TPSA) is 74.3 Å². The number of nitrogens with zero attached hydrogens (tertiary/aromatic N) is 7. The molecule has 0 spiro atoms. The van der Waals surface area contributed by atoms with Crippen molar-refractivity contribution in [3.05, 3.63) is 66.2 Å². The van der Waals surface area contributed by atoms with Crippen molar-refractivity contribution in [2.45, 2.75) is 31.7 Å². The summed E-state index contributed by atoms with van der Waals surface area (Å²) in [6.07, 6.45) is 9.40. The first-order chi connectivity index (χ1) is 13.8. The minimum atomic E-state index is 0.537. The second-order valence-corrected chi connectivity index (χ2v) is 7.28. The van der Waals surface area contributed by atoms with Crippen LogP contribution in [0.2, 0.25) is 0 Å². The van der Waals surface area contributed by atoms with Gasteiger partial charge in [-0.05, 0) is 47.7 Å². The Hall–Kier alpha value is -3.35. The van der Waals surface area contributed by atoms with Crippen LogP contribution in [-0.4, -0.2) is 34.7 Å². The van der Waals surface area contributed by atoms with E-state index in [4.69, 9.17) is 0 Å². The second kappa shape index (κ2) is 6.99. The molecule has 1 aromatic carbocycles. The molecule has 0 saturated heterocycles. The van der Waals surface area contributed by atoms with Crippen molar-refractivity contribution in [1.82, 2.24) is 34.7 Å². The van der Waals surface area contributed by atoms with E-state index in [9.17, 15) is 0 Å². The van der Waals surface area contributed by atoms with E-state index in [0.717, 1.165) is 23.5 Å². The van der Waals surface area contributed by atoms with Crippen LogP contribution in [0.15, 0.2) is 55.1 Å². The number of rotatable bonds is 4. The summed E-state index contributed by atoms with van der Waals surface area (Å²) in [5, 5.41) is 12.2. The maximum atomic E-state index is 4.59. The lowest BCUT2D eigenvalue weighted by Crippen LogP contribution is -2.14. The Morgan fingerprint density at radius 2 is 2.04 bits per heavy atom. The van der Waals surface area contributed by atoms with Crippen LogP contribution < -0.4 is 0 Å². The molecular formula is C21H21N7. The summed E-state index contributed by atoms with van der Waals surface area (Å²) < 4.78 is 2.18. The fraction of sp³-hybridized carbons (Fsp3) is 0.286. The van der Waals surface area contributed by atoms with Crippen LogP contribution in [0, 0.1) is 0 Å². The highest BCUT2D eigenvalue weighted by Crippen LogP contribution is 2.33. The molecule has 3 aromatic heterocycles. The number of tetrazole rings is 1. The minimum Gasteiger partial charge on any atom is -0.336 e. The summed E-state index contributed by atoms with van der Waals surface area (Å²) >= 11 is 0. The number of imidazole rings is 1. The molecule has 7 nitrogen and oxygen atoms in total. The maximum absolute atomic E-state index is 4.59. The lowest BCUT2D eigenvalue weighted by molar-refractivity contribution is 0.483. The molecule has 0 radical (unpaired) electrons. The molecule has 140 valence electrons. The summed E-state index contributed by atoms with van der Waals surface area (Å²) in [4.78, 5) is 10.5. The van der Waals surface area contributed by atoms with Crippen LogP contribution in [0.25, 0.3) is 22.8 Å². The van der Waals surface area contributed by atoms with Crippen molar-refractivity contribution in [3.8, 4) is 22.8 Å². The summed E-state index contributed by atoms with van der Waals surface area (Å²) in [7, 11) is 1.75. The molecule has 7 heteroatoms. The molecule has 0 N–H and O–H groups in total. The highest BCUT2D eigenvalue weighted by Gasteiger charge is 2.20. The lowest BCUT2D eigenvalue weighted by Gasteiger charge is -2.25. The molecule has 1 aliphatic rings. The SMILES string of the molecule is Cn1nnc(-c2ccnc(-c3cn(CC4CCCc5ccccc54)cn3)c2)n1. The highest BCUT2D eigenvalue weighted by molar-refractivity contribution is 5.63. The average Bonchev–Trinajstić information content (AvgIpc) is 3.38. The van der Waals surface area contributed by atoms with Crippen molar-refractivity contribution in [1.29, 1.82) is 0 Å². The molecular weight excluding hydrogens is 350 g/mol. The zero-order valence-electron chi connectivity index (χ0n) is 15.7. The Labute approximate surface area is 163 Å². The normalized spacial score (nSPS) is 16.1. The molecule has 0 amide bonds. The standard InChI is InChI=1S/C21H21N7/c1-27-25-21(24-26-27)16-9-10-22-19(11-16)20-13-28(14-23-20)12-17-7-4-6-15-5-2-3-8-18(15)17/h2-3,5,8-11,13-14,17H,4,6-7,12H2,1H3. The van der Waals surface area contributed by atoms with Gasteiger partial charge in [0.15, 0.2) is 0 Å². The first-order valence-corrected chi connectivity index (χ1v) is 9.56. The number of aryl methyl sites for hydroxylation is 2. The van der Waals surface area contributed by atoms with Gasteiger partial charge in [-0.1, -0.05) is 24.3 Å². The van der Waals surface area contributed by atoms with Crippen molar-refractivity contribution in [2.24, 2.45) is 7.05 Å². The Bertz CT molecular complexity index is 1110. The molecule has 5 rings (SSSR count). The summed E-state index contributed by atoms with van der Waals surface area (Å²) in [5.41, 5.74) is 5.53. The monoisotopic (exact) mass is 371 g/mol. The Balaban J connectivity index is 1.39. The smallest absolute Gasteiger partial charge is 0.205 e. The van der Waals surface area contributed by atoms with E-state index in [0.29, 0.717) is 11.7 Å². The van der Waals surface area contributed by atoms with Gasteiger partial charge in [0.2, 0.25) is 5.82 Å². The molecule has 1 aliphatic carbocycles. The first kappa shape index (κ1) is 16.8. The molecule has 0 saturated carbocycles. The third-order valence-corrected chi connectivity index (χ3v) is 5.35. The van der Waals surface area contributed by atoms with Crippen molar-refractivity contribution in [3.63, 3.8) is 0 Å². The van der Waals surface area contributed by atoms with Crippen LogP contribution in [0.4, 0.5) is 0 Å².